The largest absolute Gasteiger partial charge is 0.367 e. The van der Waals surface area contributed by atoms with Gasteiger partial charge in [-0.3, -0.25) is 9.67 Å². The highest BCUT2D eigenvalue weighted by Crippen LogP contribution is 2.20. The molecule has 2 aromatic heterocycles. The van der Waals surface area contributed by atoms with Crippen LogP contribution in [0.1, 0.15) is 30.6 Å². The van der Waals surface area contributed by atoms with Crippen LogP contribution in [-0.4, -0.2) is 48.5 Å². The van der Waals surface area contributed by atoms with Crippen molar-refractivity contribution < 1.29 is 0 Å². The summed E-state index contributed by atoms with van der Waals surface area (Å²) in [5.41, 5.74) is 1.20. The highest BCUT2D eigenvalue weighted by atomic mass is 32.1. The molecule has 2 unspecified atom stereocenters. The number of nitrogens with one attached hydrogen (secondary N) is 2. The Bertz CT molecular complexity index is 678. The summed E-state index contributed by atoms with van der Waals surface area (Å²) in [6.07, 6.45) is 6.36. The molecule has 2 atom stereocenters. The van der Waals surface area contributed by atoms with Crippen molar-refractivity contribution in [3.05, 3.63) is 34.8 Å². The van der Waals surface area contributed by atoms with E-state index >= 15 is 0 Å². The van der Waals surface area contributed by atoms with Crippen LogP contribution < -0.4 is 15.5 Å². The first kappa shape index (κ1) is 17.8. The van der Waals surface area contributed by atoms with Gasteiger partial charge in [0.1, 0.15) is 0 Å². The minimum Gasteiger partial charge on any atom is -0.367 e. The minimum absolute atomic E-state index is 0.400. The molecule has 25 heavy (non-hydrogen) atoms. The molecule has 136 valence electrons. The minimum atomic E-state index is 0.400. The van der Waals surface area contributed by atoms with Gasteiger partial charge >= 0.3 is 0 Å². The second-order valence-electron chi connectivity index (χ2n) is 6.67. The predicted molar refractivity (Wildman–Crippen MR) is 106 cm³/mol. The summed E-state index contributed by atoms with van der Waals surface area (Å²) in [6, 6.07) is 4.70. The van der Waals surface area contributed by atoms with E-state index in [0.29, 0.717) is 12.0 Å². The summed E-state index contributed by atoms with van der Waals surface area (Å²) in [7, 11) is 3.80. The number of hydrogen-bond acceptors (Lipinski definition) is 4. The monoisotopic (exact) mass is 360 g/mol. The molecule has 0 amide bonds. The van der Waals surface area contributed by atoms with E-state index in [1.807, 2.05) is 36.3 Å². The molecule has 0 saturated carbocycles. The number of aryl methyl sites for hydroxylation is 1. The Morgan fingerprint density at radius 3 is 3.08 bits per heavy atom. The third kappa shape index (κ3) is 4.75. The molecule has 1 saturated heterocycles. The molecule has 6 nitrogen and oxygen atoms in total. The van der Waals surface area contributed by atoms with Gasteiger partial charge in [0, 0.05) is 56.8 Å². The van der Waals surface area contributed by atoms with Crippen LogP contribution >= 0.6 is 11.3 Å². The maximum absolute atomic E-state index is 4.40. The number of anilines is 1. The van der Waals surface area contributed by atoms with Gasteiger partial charge in [0.25, 0.3) is 0 Å². The highest BCUT2D eigenvalue weighted by molar-refractivity contribution is 7.10. The lowest BCUT2D eigenvalue weighted by Gasteiger charge is -2.34. The smallest absolute Gasteiger partial charge is 0.191 e. The molecule has 2 N–H and O–H groups in total. The maximum atomic E-state index is 4.40. The predicted octanol–water partition coefficient (Wildman–Crippen LogP) is 2.42. The number of guanidine groups is 1. The molecule has 3 rings (SSSR count). The number of aliphatic imine (C=N–C) groups is 1. The van der Waals surface area contributed by atoms with Crippen LogP contribution in [0, 0.1) is 0 Å². The van der Waals surface area contributed by atoms with Gasteiger partial charge in [0.15, 0.2) is 5.96 Å². The van der Waals surface area contributed by atoms with Crippen molar-refractivity contribution in [3.8, 4) is 0 Å². The lowest BCUT2D eigenvalue weighted by Crippen LogP contribution is -2.51. The number of aromatic nitrogens is 2. The molecule has 3 heterocycles. The van der Waals surface area contributed by atoms with Gasteiger partial charge in [-0.1, -0.05) is 13.0 Å². The summed E-state index contributed by atoms with van der Waals surface area (Å²) in [5, 5.41) is 13.5. The molecule has 1 aliphatic rings. The Labute approximate surface area is 153 Å². The van der Waals surface area contributed by atoms with Crippen molar-refractivity contribution in [2.45, 2.75) is 31.7 Å². The van der Waals surface area contributed by atoms with E-state index in [1.165, 1.54) is 17.0 Å². The molecular weight excluding hydrogens is 332 g/mol. The van der Waals surface area contributed by atoms with Gasteiger partial charge in [0.05, 0.1) is 11.9 Å². The molecule has 0 bridgehead atoms. The third-order valence-corrected chi connectivity index (χ3v) is 5.75. The van der Waals surface area contributed by atoms with Crippen LogP contribution in [0.15, 0.2) is 34.9 Å². The Morgan fingerprint density at radius 1 is 1.52 bits per heavy atom. The van der Waals surface area contributed by atoms with E-state index < -0.39 is 0 Å². The van der Waals surface area contributed by atoms with Crippen molar-refractivity contribution >= 4 is 23.0 Å². The Hall–Kier alpha value is -2.02. The fraction of sp³-hybridized carbons (Fsp3) is 0.556. The first-order chi connectivity index (χ1) is 12.2. The van der Waals surface area contributed by atoms with Gasteiger partial charge in [0.2, 0.25) is 0 Å². The zero-order valence-electron chi connectivity index (χ0n) is 15.3. The molecule has 1 aliphatic heterocycles. The third-order valence-electron chi connectivity index (χ3n) is 4.65. The fourth-order valence-electron chi connectivity index (χ4n) is 3.21. The number of piperidine rings is 1. The number of rotatable bonds is 5. The van der Waals surface area contributed by atoms with Crippen molar-refractivity contribution in [1.29, 1.82) is 0 Å². The maximum Gasteiger partial charge on any atom is 0.191 e. The molecule has 0 aliphatic carbocycles. The van der Waals surface area contributed by atoms with Gasteiger partial charge in [-0.15, -0.1) is 11.3 Å². The summed E-state index contributed by atoms with van der Waals surface area (Å²) < 4.78 is 1.86. The number of thiophene rings is 1. The van der Waals surface area contributed by atoms with E-state index in [9.17, 15) is 0 Å². The molecule has 0 radical (unpaired) electrons. The van der Waals surface area contributed by atoms with Crippen LogP contribution in [-0.2, 0) is 7.05 Å². The van der Waals surface area contributed by atoms with E-state index in [1.54, 1.807) is 0 Å². The van der Waals surface area contributed by atoms with Gasteiger partial charge in [-0.2, -0.15) is 5.10 Å². The summed E-state index contributed by atoms with van der Waals surface area (Å²) in [6.45, 7) is 5.20. The Kier molecular flexibility index (Phi) is 5.96. The molecule has 2 aromatic rings. The van der Waals surface area contributed by atoms with Crippen molar-refractivity contribution in [2.75, 3.05) is 31.6 Å². The standard InChI is InChI=1S/C18H28N6S/c1-14(17-7-5-9-25-17)10-20-18(19-2)22-15-6-4-8-24(12-15)16-11-21-23(3)13-16/h5,7,9,11,13-15H,4,6,8,10,12H2,1-3H3,(H2,19,20,22). The van der Waals surface area contributed by atoms with Gasteiger partial charge in [-0.05, 0) is 24.3 Å². The highest BCUT2D eigenvalue weighted by Gasteiger charge is 2.22. The van der Waals surface area contributed by atoms with Crippen LogP contribution in [0.3, 0.4) is 0 Å². The molecule has 7 heteroatoms. The van der Waals surface area contributed by atoms with Crippen molar-refractivity contribution in [2.24, 2.45) is 12.0 Å². The fourth-order valence-corrected chi connectivity index (χ4v) is 4.00. The van der Waals surface area contributed by atoms with Gasteiger partial charge < -0.3 is 15.5 Å². The SMILES string of the molecule is CN=C(NCC(C)c1cccs1)NC1CCCN(c2cnn(C)c2)C1. The zero-order chi connectivity index (χ0) is 17.6. The zero-order valence-corrected chi connectivity index (χ0v) is 16.1. The summed E-state index contributed by atoms with van der Waals surface area (Å²) in [5.74, 6) is 1.37. The van der Waals surface area contributed by atoms with Crippen molar-refractivity contribution in [1.82, 2.24) is 20.4 Å². The Balaban J connectivity index is 1.51. The summed E-state index contributed by atoms with van der Waals surface area (Å²) >= 11 is 1.81. The first-order valence-electron chi connectivity index (χ1n) is 8.90. The van der Waals surface area contributed by atoms with Crippen molar-refractivity contribution in [3.63, 3.8) is 0 Å². The number of nitrogens with zero attached hydrogens (tertiary/aromatic N) is 4. The molecular formula is C18H28N6S. The first-order valence-corrected chi connectivity index (χ1v) is 9.78. The number of hydrogen-bond donors (Lipinski definition) is 2. The quantitative estimate of drug-likeness (QED) is 0.635. The van der Waals surface area contributed by atoms with E-state index in [0.717, 1.165) is 32.0 Å². The van der Waals surface area contributed by atoms with Gasteiger partial charge in [-0.25, -0.2) is 0 Å². The average Bonchev–Trinajstić information content (AvgIpc) is 3.30. The topological polar surface area (TPSA) is 57.5 Å². The van der Waals surface area contributed by atoms with Crippen LogP contribution in [0.4, 0.5) is 5.69 Å². The average molecular weight is 361 g/mol. The Morgan fingerprint density at radius 2 is 2.40 bits per heavy atom. The van der Waals surface area contributed by atoms with Crippen LogP contribution in [0.2, 0.25) is 0 Å². The second kappa shape index (κ2) is 8.38. The van der Waals surface area contributed by atoms with Crippen LogP contribution in [0.25, 0.3) is 0 Å². The van der Waals surface area contributed by atoms with E-state index in [2.05, 4.69) is 56.3 Å². The van der Waals surface area contributed by atoms with Crippen LogP contribution in [0.5, 0.6) is 0 Å². The molecule has 1 fully saturated rings. The second-order valence-corrected chi connectivity index (χ2v) is 7.65. The van der Waals surface area contributed by atoms with E-state index in [4.69, 9.17) is 0 Å². The van der Waals surface area contributed by atoms with E-state index in [-0.39, 0.29) is 0 Å². The normalized spacial score (nSPS) is 19.7. The lowest BCUT2D eigenvalue weighted by molar-refractivity contribution is 0.467. The lowest BCUT2D eigenvalue weighted by atomic mass is 10.1. The molecule has 0 spiro atoms. The molecule has 0 aromatic carbocycles. The summed E-state index contributed by atoms with van der Waals surface area (Å²) in [4.78, 5) is 8.20.